The molecule has 0 aromatic heterocycles. The lowest BCUT2D eigenvalue weighted by atomic mass is 9.90. The van der Waals surface area contributed by atoms with Gasteiger partial charge in [-0.3, -0.25) is 19.2 Å². The Morgan fingerprint density at radius 3 is 1.17 bits per heavy atom. The SMILES string of the molecule is COC1=C(OC)C(=O)C(CCCO[N+](=O)OCCCC2=C(C)C(=O)C(OC)=C(OC)C2=O)=C(C)C1=O. The maximum Gasteiger partial charge on any atom is 0.477 e. The largest absolute Gasteiger partial charge is 0.489 e. The number of hydrogen-bond donors (Lipinski definition) is 0. The molecule has 36 heavy (non-hydrogen) atoms. The highest BCUT2D eigenvalue weighted by Gasteiger charge is 2.35. The van der Waals surface area contributed by atoms with Gasteiger partial charge in [0.05, 0.1) is 28.4 Å². The summed E-state index contributed by atoms with van der Waals surface area (Å²) in [6.07, 6.45) is 0.862. The van der Waals surface area contributed by atoms with Gasteiger partial charge in [0.25, 0.3) is 0 Å². The van der Waals surface area contributed by atoms with Gasteiger partial charge in [-0.15, -0.1) is 0 Å². The molecule has 0 N–H and O–H groups in total. The number of ketones is 4. The number of carbonyl (C=O) groups is 4. The van der Waals surface area contributed by atoms with E-state index >= 15 is 0 Å². The zero-order valence-electron chi connectivity index (χ0n) is 21.2. The van der Waals surface area contributed by atoms with Gasteiger partial charge in [0.2, 0.25) is 46.2 Å². The van der Waals surface area contributed by atoms with E-state index in [1.54, 1.807) is 0 Å². The van der Waals surface area contributed by atoms with Gasteiger partial charge in [-0.05, 0) is 39.5 Å². The molecule has 0 saturated carbocycles. The van der Waals surface area contributed by atoms with Crippen molar-refractivity contribution in [2.45, 2.75) is 39.5 Å². The predicted molar refractivity (Wildman–Crippen MR) is 122 cm³/mol. The standard InChI is InChI=1S/C24H30NO11/c1-13-15(19(28)23(33-5)21(31-3)17(13)26)9-7-11-35-25(30)36-12-8-10-16-14(2)18(27)22(32-4)24(34-6)20(16)29/h7-12H2,1-6H3/q+1. The van der Waals surface area contributed by atoms with Gasteiger partial charge in [-0.1, -0.05) is 0 Å². The fourth-order valence-electron chi connectivity index (χ4n) is 3.80. The molecular formula is C24H30NO11+. The summed E-state index contributed by atoms with van der Waals surface area (Å²) in [6.45, 7) is 2.89. The molecular weight excluding hydrogens is 478 g/mol. The molecule has 0 bridgehead atoms. The average Bonchev–Trinajstić information content (AvgIpc) is 2.86. The van der Waals surface area contributed by atoms with Gasteiger partial charge in [0.1, 0.15) is 4.91 Å². The van der Waals surface area contributed by atoms with Crippen molar-refractivity contribution in [1.29, 1.82) is 0 Å². The molecule has 12 heteroatoms. The number of nitrogens with zero attached hydrogens (tertiary/aromatic N) is 1. The first-order chi connectivity index (χ1) is 17.1. The fraction of sp³-hybridized carbons (Fsp3) is 0.500. The molecule has 196 valence electrons. The Morgan fingerprint density at radius 1 is 0.556 bits per heavy atom. The first kappa shape index (κ1) is 28.3. The van der Waals surface area contributed by atoms with Crippen LogP contribution in [0.15, 0.2) is 45.3 Å². The van der Waals surface area contributed by atoms with E-state index in [1.807, 2.05) is 0 Å². The molecule has 0 amide bonds. The molecule has 0 radical (unpaired) electrons. The van der Waals surface area contributed by atoms with Gasteiger partial charge in [0, 0.05) is 22.3 Å². The van der Waals surface area contributed by atoms with E-state index in [2.05, 4.69) is 0 Å². The summed E-state index contributed by atoms with van der Waals surface area (Å²) < 4.78 is 20.0. The molecule has 0 heterocycles. The van der Waals surface area contributed by atoms with Crippen molar-refractivity contribution in [3.05, 3.63) is 50.2 Å². The minimum atomic E-state index is -0.453. The van der Waals surface area contributed by atoms with Gasteiger partial charge >= 0.3 is 5.09 Å². The molecule has 0 saturated heterocycles. The summed E-state index contributed by atoms with van der Waals surface area (Å²) in [4.78, 5) is 71.5. The highest BCUT2D eigenvalue weighted by molar-refractivity contribution is 6.24. The van der Waals surface area contributed by atoms with Crippen LogP contribution in [0.1, 0.15) is 39.5 Å². The fourth-order valence-corrected chi connectivity index (χ4v) is 3.80. The lowest BCUT2D eigenvalue weighted by molar-refractivity contribution is -0.981. The second kappa shape index (κ2) is 12.7. The number of carbonyl (C=O) groups excluding carboxylic acids is 4. The van der Waals surface area contributed by atoms with Gasteiger partial charge in [0.15, 0.2) is 13.2 Å². The van der Waals surface area contributed by atoms with Crippen LogP contribution < -0.4 is 0 Å². The lowest BCUT2D eigenvalue weighted by Gasteiger charge is -2.20. The quantitative estimate of drug-likeness (QED) is 0.193. The minimum Gasteiger partial charge on any atom is -0.489 e. The minimum absolute atomic E-state index is 0.0583. The Labute approximate surface area is 208 Å². The molecule has 2 aliphatic rings. The molecule has 0 fully saturated rings. The molecule has 2 rings (SSSR count). The van der Waals surface area contributed by atoms with Crippen LogP contribution in [0.2, 0.25) is 0 Å². The molecule has 0 atom stereocenters. The highest BCUT2D eigenvalue weighted by atomic mass is 17.0. The van der Waals surface area contributed by atoms with Crippen LogP contribution in [-0.4, -0.2) is 69.9 Å². The van der Waals surface area contributed by atoms with Crippen LogP contribution in [0.4, 0.5) is 0 Å². The van der Waals surface area contributed by atoms with Crippen LogP contribution in [0.3, 0.4) is 0 Å². The Morgan fingerprint density at radius 2 is 0.861 bits per heavy atom. The third kappa shape index (κ3) is 5.81. The van der Waals surface area contributed by atoms with E-state index in [-0.39, 0.29) is 89.3 Å². The van der Waals surface area contributed by atoms with Crippen LogP contribution in [0.25, 0.3) is 0 Å². The van der Waals surface area contributed by atoms with E-state index in [1.165, 1.54) is 42.3 Å². The summed E-state index contributed by atoms with van der Waals surface area (Å²) in [5, 5.41) is -0.0583. The van der Waals surface area contributed by atoms with Crippen molar-refractivity contribution < 1.29 is 52.9 Å². The van der Waals surface area contributed by atoms with E-state index in [0.29, 0.717) is 0 Å². The maximum atomic E-state index is 12.6. The first-order valence-corrected chi connectivity index (χ1v) is 11.1. The monoisotopic (exact) mass is 508 g/mol. The van der Waals surface area contributed by atoms with Crippen molar-refractivity contribution in [2.24, 2.45) is 0 Å². The van der Waals surface area contributed by atoms with Crippen LogP contribution in [-0.2, 0) is 47.8 Å². The third-order valence-electron chi connectivity index (χ3n) is 5.72. The van der Waals surface area contributed by atoms with Gasteiger partial charge < -0.3 is 18.9 Å². The molecule has 0 spiro atoms. The highest BCUT2D eigenvalue weighted by Crippen LogP contribution is 2.29. The van der Waals surface area contributed by atoms with Crippen molar-refractivity contribution >= 4 is 23.1 Å². The van der Waals surface area contributed by atoms with E-state index in [9.17, 15) is 24.1 Å². The Balaban J connectivity index is 1.79. The second-order valence-electron chi connectivity index (χ2n) is 7.75. The van der Waals surface area contributed by atoms with Crippen molar-refractivity contribution in [3.63, 3.8) is 0 Å². The first-order valence-electron chi connectivity index (χ1n) is 11.1. The van der Waals surface area contributed by atoms with Crippen LogP contribution in [0.5, 0.6) is 0 Å². The Bertz CT molecular complexity index is 1010. The third-order valence-corrected chi connectivity index (χ3v) is 5.72. The number of ether oxygens (including phenoxy) is 4. The number of Topliss-reactive ketones (excluding diaryl/α,β-unsaturated/α-hetero) is 4. The Kier molecular flexibility index (Phi) is 9.94. The molecule has 12 nitrogen and oxygen atoms in total. The van der Waals surface area contributed by atoms with Gasteiger partial charge in [-0.25, -0.2) is 0 Å². The smallest absolute Gasteiger partial charge is 0.477 e. The van der Waals surface area contributed by atoms with E-state index in [0.717, 1.165) is 0 Å². The van der Waals surface area contributed by atoms with Crippen molar-refractivity contribution in [1.82, 2.24) is 0 Å². The normalized spacial score (nSPS) is 16.6. The zero-order valence-corrected chi connectivity index (χ0v) is 21.2. The number of hydrogen-bond acceptors (Lipinski definition) is 11. The Hall–Kier alpha value is -3.96. The van der Waals surface area contributed by atoms with Gasteiger partial charge in [-0.2, -0.15) is 9.68 Å². The molecule has 0 aromatic carbocycles. The maximum absolute atomic E-state index is 12.6. The topological polar surface area (TPSA) is 144 Å². The summed E-state index contributed by atoms with van der Waals surface area (Å²) in [5.41, 5.74) is 1.02. The summed E-state index contributed by atoms with van der Waals surface area (Å²) in [5.74, 6) is -2.38. The molecule has 0 aliphatic heterocycles. The summed E-state index contributed by atoms with van der Waals surface area (Å²) in [6, 6.07) is 0. The van der Waals surface area contributed by atoms with E-state index in [4.69, 9.17) is 28.6 Å². The molecule has 0 aromatic rings. The average molecular weight is 509 g/mol. The van der Waals surface area contributed by atoms with Crippen LogP contribution in [0, 0.1) is 4.91 Å². The van der Waals surface area contributed by atoms with Crippen LogP contribution >= 0.6 is 0 Å². The summed E-state index contributed by atoms with van der Waals surface area (Å²) in [7, 11) is 5.11. The van der Waals surface area contributed by atoms with E-state index < -0.39 is 23.1 Å². The summed E-state index contributed by atoms with van der Waals surface area (Å²) >= 11 is 0. The zero-order chi connectivity index (χ0) is 27.0. The second-order valence-corrected chi connectivity index (χ2v) is 7.75. The lowest BCUT2D eigenvalue weighted by Crippen LogP contribution is -2.25. The predicted octanol–water partition coefficient (Wildman–Crippen LogP) is 2.13. The number of rotatable bonds is 14. The van der Waals surface area contributed by atoms with Crippen molar-refractivity contribution in [3.8, 4) is 0 Å². The van der Waals surface area contributed by atoms with Crippen molar-refractivity contribution in [2.75, 3.05) is 41.7 Å². The number of allylic oxidation sites excluding steroid dienone is 4. The molecule has 2 aliphatic carbocycles. The molecule has 0 unspecified atom stereocenters. The number of methoxy groups -OCH3 is 4.